The van der Waals surface area contributed by atoms with Crippen LogP contribution in [0.25, 0.3) is 0 Å². The van der Waals surface area contributed by atoms with E-state index in [0.29, 0.717) is 11.5 Å². The summed E-state index contributed by atoms with van der Waals surface area (Å²) in [7, 11) is 0. The third-order valence-electron chi connectivity index (χ3n) is 7.65. The molecule has 174 valence electrons. The molecule has 2 saturated carbocycles. The average molecular weight is 435 g/mol. The number of halogens is 2. The minimum absolute atomic E-state index is 0.0612. The van der Waals surface area contributed by atoms with E-state index in [9.17, 15) is 13.6 Å². The molecule has 1 unspecified atom stereocenters. The van der Waals surface area contributed by atoms with Gasteiger partial charge in [-0.2, -0.15) is 4.39 Å². The molecule has 2 aliphatic carbocycles. The first-order valence-corrected chi connectivity index (χ1v) is 12.7. The molecular formula is C27H40F2O2. The summed E-state index contributed by atoms with van der Waals surface area (Å²) < 4.78 is 34.7. The largest absolute Gasteiger partial charge is 0.423 e. The Balaban J connectivity index is 1.50. The van der Waals surface area contributed by atoms with Crippen LogP contribution in [0.1, 0.15) is 115 Å². The topological polar surface area (TPSA) is 26.3 Å². The maximum atomic E-state index is 14.8. The molecule has 1 aromatic rings. The van der Waals surface area contributed by atoms with Gasteiger partial charge in [-0.15, -0.1) is 0 Å². The van der Waals surface area contributed by atoms with E-state index in [4.69, 9.17) is 4.74 Å². The summed E-state index contributed by atoms with van der Waals surface area (Å²) in [4.78, 5) is 12.4. The summed E-state index contributed by atoms with van der Waals surface area (Å²) in [6.45, 7) is 4.01. The van der Waals surface area contributed by atoms with Crippen molar-refractivity contribution in [3.05, 3.63) is 29.3 Å². The van der Waals surface area contributed by atoms with Crippen molar-refractivity contribution in [2.45, 2.75) is 110 Å². The molecule has 2 aliphatic rings. The van der Waals surface area contributed by atoms with Crippen LogP contribution in [0.3, 0.4) is 0 Å². The van der Waals surface area contributed by atoms with Gasteiger partial charge in [-0.25, -0.2) is 4.39 Å². The molecule has 31 heavy (non-hydrogen) atoms. The van der Waals surface area contributed by atoms with Crippen LogP contribution >= 0.6 is 0 Å². The second kappa shape index (κ2) is 12.0. The fraction of sp³-hybridized carbons (Fsp3) is 0.741. The Bertz CT molecular complexity index is 703. The summed E-state index contributed by atoms with van der Waals surface area (Å²) in [6, 6.07) is 3.07. The standard InChI is InChI=1S/C27H40F2O2/c1-3-8-20-13-15-22(16-14-20)23-17-18-24(26(29)25(23)28)31-27(30)19(2)9-7-12-21-10-5-4-6-11-21/h17-22H,3-16H2,1-2H3. The zero-order chi connectivity index (χ0) is 22.2. The summed E-state index contributed by atoms with van der Waals surface area (Å²) in [6.07, 6.45) is 15.8. The molecule has 0 N–H and O–H groups in total. The fourth-order valence-corrected chi connectivity index (χ4v) is 5.63. The van der Waals surface area contributed by atoms with Crippen LogP contribution in [0.5, 0.6) is 5.75 Å². The maximum Gasteiger partial charge on any atom is 0.314 e. The van der Waals surface area contributed by atoms with Gasteiger partial charge in [0.2, 0.25) is 5.82 Å². The van der Waals surface area contributed by atoms with Crippen molar-refractivity contribution in [2.75, 3.05) is 0 Å². The Morgan fingerprint density at radius 3 is 2.32 bits per heavy atom. The Hall–Kier alpha value is -1.45. The Kier molecular flexibility index (Phi) is 9.34. The lowest BCUT2D eigenvalue weighted by atomic mass is 9.77. The van der Waals surface area contributed by atoms with Gasteiger partial charge < -0.3 is 4.74 Å². The molecule has 0 aliphatic heterocycles. The predicted octanol–water partition coefficient (Wildman–Crippen LogP) is 8.33. The first-order chi connectivity index (χ1) is 15.0. The molecule has 0 bridgehead atoms. The van der Waals surface area contributed by atoms with Crippen molar-refractivity contribution in [2.24, 2.45) is 17.8 Å². The van der Waals surface area contributed by atoms with Crippen molar-refractivity contribution in [3.8, 4) is 5.75 Å². The number of carbonyl (C=O) groups is 1. The lowest BCUT2D eigenvalue weighted by molar-refractivity contribution is -0.138. The highest BCUT2D eigenvalue weighted by molar-refractivity contribution is 5.74. The van der Waals surface area contributed by atoms with Crippen molar-refractivity contribution in [1.82, 2.24) is 0 Å². The molecule has 0 spiro atoms. The number of hydrogen-bond donors (Lipinski definition) is 0. The number of ether oxygens (including phenoxy) is 1. The predicted molar refractivity (Wildman–Crippen MR) is 121 cm³/mol. The summed E-state index contributed by atoms with van der Waals surface area (Å²) in [5.74, 6) is -1.34. The summed E-state index contributed by atoms with van der Waals surface area (Å²) >= 11 is 0. The van der Waals surface area contributed by atoms with Gasteiger partial charge in [-0.05, 0) is 61.5 Å². The zero-order valence-electron chi connectivity index (χ0n) is 19.4. The van der Waals surface area contributed by atoms with Gasteiger partial charge >= 0.3 is 5.97 Å². The molecule has 0 amide bonds. The van der Waals surface area contributed by atoms with Crippen LogP contribution in [-0.4, -0.2) is 5.97 Å². The van der Waals surface area contributed by atoms with Crippen LogP contribution < -0.4 is 4.74 Å². The first-order valence-electron chi connectivity index (χ1n) is 12.7. The zero-order valence-corrected chi connectivity index (χ0v) is 19.4. The molecule has 1 aromatic carbocycles. The lowest BCUT2D eigenvalue weighted by Gasteiger charge is -2.29. The third kappa shape index (κ3) is 6.76. The van der Waals surface area contributed by atoms with Crippen LogP contribution in [0.15, 0.2) is 12.1 Å². The Labute approximate surface area is 187 Å². The monoisotopic (exact) mass is 434 g/mol. The average Bonchev–Trinajstić information content (AvgIpc) is 2.78. The van der Waals surface area contributed by atoms with Crippen molar-refractivity contribution in [1.29, 1.82) is 0 Å². The molecule has 0 radical (unpaired) electrons. The van der Waals surface area contributed by atoms with Gasteiger partial charge in [0.05, 0.1) is 5.92 Å². The van der Waals surface area contributed by atoms with Crippen molar-refractivity contribution < 1.29 is 18.3 Å². The second-order valence-electron chi connectivity index (χ2n) is 10.0. The number of rotatable bonds is 9. The van der Waals surface area contributed by atoms with Gasteiger partial charge in [0.1, 0.15) is 0 Å². The summed E-state index contributed by atoms with van der Waals surface area (Å²) in [5, 5.41) is 0. The molecule has 0 heterocycles. The Morgan fingerprint density at radius 2 is 1.65 bits per heavy atom. The van der Waals surface area contributed by atoms with E-state index < -0.39 is 17.6 Å². The van der Waals surface area contributed by atoms with E-state index in [2.05, 4.69) is 6.92 Å². The van der Waals surface area contributed by atoms with E-state index in [1.165, 1.54) is 51.0 Å². The highest BCUT2D eigenvalue weighted by Gasteiger charge is 2.27. The smallest absolute Gasteiger partial charge is 0.314 e. The van der Waals surface area contributed by atoms with Crippen molar-refractivity contribution in [3.63, 3.8) is 0 Å². The normalized spacial score (nSPS) is 23.5. The molecule has 2 nitrogen and oxygen atoms in total. The number of carbonyl (C=O) groups excluding carboxylic acids is 1. The SMILES string of the molecule is CCCC1CCC(c2ccc(OC(=O)C(C)CCCC3CCCCC3)c(F)c2F)CC1. The van der Waals surface area contributed by atoms with E-state index >= 15 is 0 Å². The first kappa shape index (κ1) is 24.2. The number of benzene rings is 1. The second-order valence-corrected chi connectivity index (χ2v) is 10.0. The third-order valence-corrected chi connectivity index (χ3v) is 7.65. The highest BCUT2D eigenvalue weighted by atomic mass is 19.2. The number of esters is 1. The van der Waals surface area contributed by atoms with Crippen LogP contribution in [-0.2, 0) is 4.79 Å². The van der Waals surface area contributed by atoms with Crippen molar-refractivity contribution >= 4 is 5.97 Å². The lowest BCUT2D eigenvalue weighted by Crippen LogP contribution is -2.20. The van der Waals surface area contributed by atoms with E-state index in [1.54, 1.807) is 6.07 Å². The Morgan fingerprint density at radius 1 is 0.968 bits per heavy atom. The highest BCUT2D eigenvalue weighted by Crippen LogP contribution is 2.40. The van der Waals surface area contributed by atoms with E-state index in [-0.39, 0.29) is 17.6 Å². The fourth-order valence-electron chi connectivity index (χ4n) is 5.63. The van der Waals surface area contributed by atoms with Gasteiger partial charge in [-0.1, -0.05) is 77.7 Å². The van der Waals surface area contributed by atoms with E-state index in [1.807, 2.05) is 6.92 Å². The maximum absolute atomic E-state index is 14.8. The molecular weight excluding hydrogens is 394 g/mol. The summed E-state index contributed by atoms with van der Waals surface area (Å²) in [5.41, 5.74) is 0.438. The van der Waals surface area contributed by atoms with Crippen LogP contribution in [0.2, 0.25) is 0 Å². The van der Waals surface area contributed by atoms with Crippen LogP contribution in [0, 0.1) is 29.4 Å². The minimum Gasteiger partial charge on any atom is -0.423 e. The van der Waals surface area contributed by atoms with Gasteiger partial charge in [0.15, 0.2) is 11.6 Å². The minimum atomic E-state index is -1.02. The number of hydrogen-bond acceptors (Lipinski definition) is 2. The molecule has 0 saturated heterocycles. The molecule has 2 fully saturated rings. The molecule has 4 heteroatoms. The molecule has 1 atom stereocenters. The quantitative estimate of drug-likeness (QED) is 0.288. The van der Waals surface area contributed by atoms with E-state index in [0.717, 1.165) is 50.9 Å². The van der Waals surface area contributed by atoms with Gasteiger partial charge in [0, 0.05) is 0 Å². The molecule has 0 aromatic heterocycles. The molecule has 3 rings (SSSR count). The van der Waals surface area contributed by atoms with Gasteiger partial charge in [0.25, 0.3) is 0 Å². The van der Waals surface area contributed by atoms with Crippen LogP contribution in [0.4, 0.5) is 8.78 Å². The van der Waals surface area contributed by atoms with Gasteiger partial charge in [-0.3, -0.25) is 4.79 Å².